The monoisotopic (exact) mass is 1060 g/mol. The third-order valence-electron chi connectivity index (χ3n) is 16.3. The Labute approximate surface area is 469 Å². The normalized spacial score (nSPS) is 12.5. The van der Waals surface area contributed by atoms with Crippen molar-refractivity contribution in [1.82, 2.24) is 5.32 Å². The number of ether oxygens (including phenoxy) is 1. The summed E-state index contributed by atoms with van der Waals surface area (Å²) in [6, 6.07) is -0.624. The minimum Gasteiger partial charge on any atom is -0.466 e. The van der Waals surface area contributed by atoms with Crippen molar-refractivity contribution in [1.29, 1.82) is 0 Å². The largest absolute Gasteiger partial charge is 0.466 e. The van der Waals surface area contributed by atoms with E-state index < -0.39 is 12.1 Å². The molecule has 446 valence electrons. The van der Waals surface area contributed by atoms with Gasteiger partial charge in [0.05, 0.1) is 25.4 Å². The van der Waals surface area contributed by atoms with Crippen LogP contribution >= 0.6 is 0 Å². The Balaban J connectivity index is 3.33. The summed E-state index contributed by atoms with van der Waals surface area (Å²) in [7, 11) is 0. The van der Waals surface area contributed by atoms with Crippen LogP contribution in [-0.2, 0) is 14.3 Å². The molecule has 0 rings (SSSR count). The van der Waals surface area contributed by atoms with Crippen molar-refractivity contribution in [3.05, 3.63) is 12.2 Å². The summed E-state index contributed by atoms with van der Waals surface area (Å²) in [6.07, 6.45) is 80.0. The number of esters is 1. The van der Waals surface area contributed by atoms with Crippen molar-refractivity contribution in [2.75, 3.05) is 13.2 Å². The maximum atomic E-state index is 12.5. The molecule has 0 spiro atoms. The molecule has 6 heteroatoms. The maximum Gasteiger partial charge on any atom is 0.305 e. The zero-order valence-electron chi connectivity index (χ0n) is 51.1. The van der Waals surface area contributed by atoms with Gasteiger partial charge in [-0.15, -0.1) is 0 Å². The van der Waals surface area contributed by atoms with E-state index in [1.807, 2.05) is 6.08 Å². The predicted molar refractivity (Wildman–Crippen MR) is 329 cm³/mol. The van der Waals surface area contributed by atoms with Gasteiger partial charge in [0.1, 0.15) is 0 Å². The van der Waals surface area contributed by atoms with Gasteiger partial charge >= 0.3 is 5.97 Å². The fourth-order valence-electron chi connectivity index (χ4n) is 11.1. The number of rotatable bonds is 65. The molecule has 6 nitrogen and oxygen atoms in total. The van der Waals surface area contributed by atoms with E-state index in [0.29, 0.717) is 19.4 Å². The lowest BCUT2D eigenvalue weighted by molar-refractivity contribution is -0.143. The number of aliphatic hydroxyl groups excluding tert-OH is 2. The zero-order valence-corrected chi connectivity index (χ0v) is 51.1. The number of amides is 1. The van der Waals surface area contributed by atoms with Gasteiger partial charge in [-0.1, -0.05) is 360 Å². The summed E-state index contributed by atoms with van der Waals surface area (Å²) >= 11 is 0. The SMILES string of the molecule is CCCCCCCCCCCCCCC/C=C/C(O)C(CO)NC(=O)CCCCCCCCCCCCCCCCCCCCCCCCCCCCCCCCOC(=O)CCCCCCCCCCCCCCC. The average molecular weight is 1060 g/mol. The van der Waals surface area contributed by atoms with E-state index in [9.17, 15) is 19.8 Å². The van der Waals surface area contributed by atoms with E-state index in [-0.39, 0.29) is 18.5 Å². The van der Waals surface area contributed by atoms with Crippen molar-refractivity contribution in [3.63, 3.8) is 0 Å². The molecule has 0 aromatic rings. The summed E-state index contributed by atoms with van der Waals surface area (Å²) in [6.45, 7) is 4.94. The zero-order chi connectivity index (χ0) is 54.3. The highest BCUT2D eigenvalue weighted by Gasteiger charge is 2.18. The first-order valence-electron chi connectivity index (χ1n) is 34.5. The van der Waals surface area contributed by atoms with Gasteiger partial charge in [0, 0.05) is 12.8 Å². The minimum atomic E-state index is -0.840. The number of hydrogen-bond donors (Lipinski definition) is 3. The summed E-state index contributed by atoms with van der Waals surface area (Å²) < 4.78 is 5.49. The van der Waals surface area contributed by atoms with Crippen molar-refractivity contribution >= 4 is 11.9 Å². The lowest BCUT2D eigenvalue weighted by atomic mass is 10.0. The van der Waals surface area contributed by atoms with Crippen LogP contribution in [0.4, 0.5) is 0 Å². The second-order valence-electron chi connectivity index (χ2n) is 23.9. The second-order valence-corrected chi connectivity index (χ2v) is 23.9. The number of allylic oxidation sites excluding steroid dienone is 1. The molecule has 0 aliphatic heterocycles. The van der Waals surface area contributed by atoms with Crippen molar-refractivity contribution in [2.24, 2.45) is 0 Å². The highest BCUT2D eigenvalue weighted by atomic mass is 16.5. The summed E-state index contributed by atoms with van der Waals surface area (Å²) in [5.41, 5.74) is 0. The van der Waals surface area contributed by atoms with Crippen LogP contribution in [0.15, 0.2) is 12.2 Å². The molecule has 3 N–H and O–H groups in total. The van der Waals surface area contributed by atoms with Gasteiger partial charge in [-0.3, -0.25) is 9.59 Å². The van der Waals surface area contributed by atoms with E-state index in [1.54, 1.807) is 6.08 Å². The first kappa shape index (κ1) is 73.6. The Kier molecular flexibility index (Phi) is 63.9. The summed E-state index contributed by atoms with van der Waals surface area (Å²) in [5.74, 6) is -0.0392. The third kappa shape index (κ3) is 61.7. The molecule has 2 unspecified atom stereocenters. The standard InChI is InChI=1S/C69H135NO5/c1-3-5-7-9-11-13-15-17-34-38-41-45-49-53-57-61-67(72)66(65-71)70-68(73)62-58-54-50-46-42-39-35-32-30-28-26-24-22-20-18-19-21-23-25-27-29-31-33-36-40-44-48-52-56-60-64-75-69(74)63-59-55-51-47-43-37-16-14-12-10-8-6-4-2/h57,61,66-67,71-72H,3-56,58-60,62-65H2,1-2H3,(H,70,73)/b61-57+. The van der Waals surface area contributed by atoms with E-state index in [1.165, 1.54) is 327 Å². The van der Waals surface area contributed by atoms with Gasteiger partial charge in [0.25, 0.3) is 0 Å². The van der Waals surface area contributed by atoms with Gasteiger partial charge in [-0.25, -0.2) is 0 Å². The average Bonchev–Trinajstić information content (AvgIpc) is 3.41. The van der Waals surface area contributed by atoms with E-state index >= 15 is 0 Å². The molecule has 75 heavy (non-hydrogen) atoms. The van der Waals surface area contributed by atoms with Gasteiger partial charge in [0.15, 0.2) is 0 Å². The van der Waals surface area contributed by atoms with Crippen molar-refractivity contribution in [3.8, 4) is 0 Å². The topological polar surface area (TPSA) is 95.9 Å². The molecule has 2 atom stereocenters. The van der Waals surface area contributed by atoms with Crippen molar-refractivity contribution < 1.29 is 24.5 Å². The van der Waals surface area contributed by atoms with Crippen LogP contribution in [-0.4, -0.2) is 47.4 Å². The molecule has 0 radical (unpaired) electrons. The maximum absolute atomic E-state index is 12.5. The molecule has 0 aromatic carbocycles. The lowest BCUT2D eigenvalue weighted by Crippen LogP contribution is -2.45. The summed E-state index contributed by atoms with van der Waals surface area (Å²) in [4.78, 5) is 24.5. The molecule has 0 bridgehead atoms. The molecule has 0 saturated carbocycles. The van der Waals surface area contributed by atoms with E-state index in [2.05, 4.69) is 19.2 Å². The van der Waals surface area contributed by atoms with Crippen LogP contribution in [0.5, 0.6) is 0 Å². The number of unbranched alkanes of at least 4 members (excludes halogenated alkanes) is 54. The van der Waals surface area contributed by atoms with Crippen LogP contribution in [0.3, 0.4) is 0 Å². The highest BCUT2D eigenvalue weighted by Crippen LogP contribution is 2.19. The van der Waals surface area contributed by atoms with Gasteiger partial charge < -0.3 is 20.3 Å². The van der Waals surface area contributed by atoms with Crippen LogP contribution in [0.2, 0.25) is 0 Å². The van der Waals surface area contributed by atoms with Crippen LogP contribution in [0.1, 0.15) is 393 Å². The number of nitrogens with one attached hydrogen (secondary N) is 1. The molecule has 0 aliphatic carbocycles. The smallest absolute Gasteiger partial charge is 0.305 e. The second kappa shape index (κ2) is 65.1. The highest BCUT2D eigenvalue weighted by molar-refractivity contribution is 5.76. The third-order valence-corrected chi connectivity index (χ3v) is 16.3. The molecule has 0 heterocycles. The Hall–Kier alpha value is -1.40. The molecule has 0 aromatic heterocycles. The lowest BCUT2D eigenvalue weighted by Gasteiger charge is -2.20. The Morgan fingerprint density at radius 3 is 0.907 bits per heavy atom. The summed E-state index contributed by atoms with van der Waals surface area (Å²) in [5, 5.41) is 23.2. The number of hydrogen-bond acceptors (Lipinski definition) is 5. The molecule has 0 fully saturated rings. The first-order valence-corrected chi connectivity index (χ1v) is 34.5. The number of aliphatic hydroxyl groups is 2. The number of carbonyl (C=O) groups is 2. The van der Waals surface area contributed by atoms with Crippen LogP contribution in [0, 0.1) is 0 Å². The van der Waals surface area contributed by atoms with E-state index in [0.717, 1.165) is 38.5 Å². The number of carbonyl (C=O) groups excluding carboxylic acids is 2. The molecule has 1 amide bonds. The van der Waals surface area contributed by atoms with E-state index in [4.69, 9.17) is 4.74 Å². The Morgan fingerprint density at radius 1 is 0.360 bits per heavy atom. The fraction of sp³-hybridized carbons (Fsp3) is 0.942. The Morgan fingerprint density at radius 2 is 0.613 bits per heavy atom. The molecule has 0 saturated heterocycles. The fourth-order valence-corrected chi connectivity index (χ4v) is 11.1. The molecule has 0 aliphatic rings. The molecular weight excluding hydrogens is 923 g/mol. The van der Waals surface area contributed by atoms with Crippen LogP contribution < -0.4 is 5.32 Å². The quantitative estimate of drug-likeness (QED) is 0.0320. The minimum absolute atomic E-state index is 0.0221. The first-order chi connectivity index (χ1) is 37.0. The van der Waals surface area contributed by atoms with Crippen LogP contribution in [0.25, 0.3) is 0 Å². The molecular formula is C69H135NO5. The van der Waals surface area contributed by atoms with Gasteiger partial charge in [0.2, 0.25) is 5.91 Å². The van der Waals surface area contributed by atoms with Crippen molar-refractivity contribution in [2.45, 2.75) is 405 Å². The predicted octanol–water partition coefficient (Wildman–Crippen LogP) is 22.0. The van der Waals surface area contributed by atoms with Gasteiger partial charge in [-0.2, -0.15) is 0 Å². The Bertz CT molecular complexity index is 1130. The van der Waals surface area contributed by atoms with Gasteiger partial charge in [-0.05, 0) is 32.1 Å².